The molecule has 1 heterocycles. The molecule has 3 nitrogen and oxygen atoms in total. The number of alkyl halides is 1. The van der Waals surface area contributed by atoms with Crippen LogP contribution in [0.25, 0.3) is 0 Å². The number of halogens is 1. The molecular weight excluding hydrogens is 158 g/mol. The third-order valence-electron chi connectivity index (χ3n) is 0.681. The molecule has 1 aromatic heterocycles. The van der Waals surface area contributed by atoms with Crippen molar-refractivity contribution in [3.05, 3.63) is 12.3 Å². The van der Waals surface area contributed by atoms with E-state index in [0.717, 1.165) is 5.03 Å². The molecule has 48 valence electrons. The van der Waals surface area contributed by atoms with Gasteiger partial charge in [-0.15, -0.1) is 21.8 Å². The second kappa shape index (κ2) is 3.63. The van der Waals surface area contributed by atoms with Crippen molar-refractivity contribution in [2.24, 2.45) is 0 Å². The quantitative estimate of drug-likeness (QED) is 0.482. The Bertz CT molecular complexity index is 169. The molecule has 1 rings (SSSR count). The normalized spacial score (nSPS) is 9.44. The predicted octanol–water partition coefficient (Wildman–Crippen LogP) is 1.16. The second-order valence-electron chi connectivity index (χ2n) is 1.21. The maximum absolute atomic E-state index is 5.41. The molecule has 0 radical (unpaired) electrons. The van der Waals surface area contributed by atoms with Gasteiger partial charge in [-0.05, 0) is 11.3 Å². The fourth-order valence-electron chi connectivity index (χ4n) is 0.363. The van der Waals surface area contributed by atoms with E-state index in [9.17, 15) is 0 Å². The topological polar surface area (TPSA) is 38.7 Å². The van der Waals surface area contributed by atoms with Crippen LogP contribution in [-0.2, 0) is 0 Å². The van der Waals surface area contributed by atoms with Gasteiger partial charge in [-0.3, -0.25) is 0 Å². The lowest BCUT2D eigenvalue weighted by molar-refractivity contribution is 0.804. The summed E-state index contributed by atoms with van der Waals surface area (Å²) in [5, 5.41) is 11.9. The van der Waals surface area contributed by atoms with Crippen LogP contribution >= 0.6 is 23.4 Å². The van der Waals surface area contributed by atoms with Crippen LogP contribution in [0.4, 0.5) is 0 Å². The fraction of sp³-hybridized carbons (Fsp3) is 0.250. The average molecular weight is 162 g/mol. The van der Waals surface area contributed by atoms with Crippen LogP contribution < -0.4 is 0 Å². The second-order valence-corrected chi connectivity index (χ2v) is 2.79. The van der Waals surface area contributed by atoms with Crippen molar-refractivity contribution in [1.29, 1.82) is 0 Å². The van der Waals surface area contributed by atoms with Gasteiger partial charge in [0.05, 0.1) is 11.4 Å². The van der Waals surface area contributed by atoms with Crippen molar-refractivity contribution in [3.63, 3.8) is 0 Å². The van der Waals surface area contributed by atoms with Crippen molar-refractivity contribution >= 4 is 23.4 Å². The molecule has 0 spiro atoms. The van der Waals surface area contributed by atoms with Gasteiger partial charge in [-0.1, -0.05) is 11.8 Å². The number of rotatable bonds is 2. The van der Waals surface area contributed by atoms with E-state index >= 15 is 0 Å². The van der Waals surface area contributed by atoms with Gasteiger partial charge >= 0.3 is 0 Å². The third-order valence-corrected chi connectivity index (χ3v) is 1.63. The Kier molecular flexibility index (Phi) is 2.73. The molecule has 0 aliphatic carbocycles. The largest absolute Gasteiger partial charge is 0.139 e. The highest BCUT2D eigenvalue weighted by Gasteiger charge is 1.89. The highest BCUT2D eigenvalue weighted by molar-refractivity contribution is 8.00. The van der Waals surface area contributed by atoms with Crippen LogP contribution in [0.15, 0.2) is 17.3 Å². The SMILES string of the molecule is ClCSc1ccnnn1. The number of thioether (sulfide) groups is 1. The van der Waals surface area contributed by atoms with Gasteiger partial charge < -0.3 is 0 Å². The molecule has 5 heteroatoms. The molecule has 0 saturated heterocycles. The molecule has 0 bridgehead atoms. The Morgan fingerprint density at radius 1 is 1.67 bits per heavy atom. The van der Waals surface area contributed by atoms with Crippen LogP contribution in [0, 0.1) is 0 Å². The third kappa shape index (κ3) is 2.15. The molecular formula is C4H4ClN3S. The molecule has 0 N–H and O–H groups in total. The monoisotopic (exact) mass is 161 g/mol. The highest BCUT2D eigenvalue weighted by Crippen LogP contribution is 2.12. The minimum Gasteiger partial charge on any atom is -0.139 e. The lowest BCUT2D eigenvalue weighted by atomic mass is 10.7. The fourth-order valence-corrected chi connectivity index (χ4v) is 1.06. The summed E-state index contributed by atoms with van der Waals surface area (Å²) in [5.74, 6) is 0. The minimum atomic E-state index is 0.499. The molecule has 0 aliphatic rings. The van der Waals surface area contributed by atoms with E-state index < -0.39 is 0 Å². The lowest BCUT2D eigenvalue weighted by Crippen LogP contribution is -1.85. The Labute approximate surface area is 61.8 Å². The van der Waals surface area contributed by atoms with Crippen molar-refractivity contribution in [1.82, 2.24) is 15.4 Å². The first-order valence-corrected chi connectivity index (χ1v) is 3.78. The Morgan fingerprint density at radius 3 is 3.11 bits per heavy atom. The van der Waals surface area contributed by atoms with Gasteiger partial charge in [-0.2, -0.15) is 0 Å². The van der Waals surface area contributed by atoms with E-state index in [1.165, 1.54) is 11.8 Å². The average Bonchev–Trinajstić information content (AvgIpc) is 1.91. The molecule has 0 aromatic carbocycles. The van der Waals surface area contributed by atoms with Crippen molar-refractivity contribution in [2.45, 2.75) is 5.03 Å². The summed E-state index contributed by atoms with van der Waals surface area (Å²) in [6.45, 7) is 0. The smallest absolute Gasteiger partial charge is 0.123 e. The van der Waals surface area contributed by atoms with Gasteiger partial charge in [0.2, 0.25) is 0 Å². The zero-order chi connectivity index (χ0) is 6.53. The van der Waals surface area contributed by atoms with Gasteiger partial charge in [0.15, 0.2) is 0 Å². The van der Waals surface area contributed by atoms with Gasteiger partial charge in [0.1, 0.15) is 5.03 Å². The maximum Gasteiger partial charge on any atom is 0.123 e. The van der Waals surface area contributed by atoms with E-state index in [2.05, 4.69) is 15.4 Å². The van der Waals surface area contributed by atoms with E-state index in [1.54, 1.807) is 12.3 Å². The van der Waals surface area contributed by atoms with Crippen molar-refractivity contribution in [3.8, 4) is 0 Å². The Hall–Kier alpha value is -0.350. The summed E-state index contributed by atoms with van der Waals surface area (Å²) >= 11 is 6.84. The first-order valence-electron chi connectivity index (χ1n) is 2.26. The molecule has 9 heavy (non-hydrogen) atoms. The van der Waals surface area contributed by atoms with Crippen LogP contribution in [0.1, 0.15) is 0 Å². The minimum absolute atomic E-state index is 0.499. The molecule has 1 aromatic rings. The van der Waals surface area contributed by atoms with E-state index in [1.807, 2.05) is 0 Å². The molecule has 0 fully saturated rings. The van der Waals surface area contributed by atoms with Crippen LogP contribution in [0.3, 0.4) is 0 Å². The van der Waals surface area contributed by atoms with Crippen molar-refractivity contribution < 1.29 is 0 Å². The van der Waals surface area contributed by atoms with Crippen molar-refractivity contribution in [2.75, 3.05) is 5.21 Å². The Balaban J connectivity index is 2.61. The Morgan fingerprint density at radius 2 is 2.56 bits per heavy atom. The zero-order valence-corrected chi connectivity index (χ0v) is 6.06. The van der Waals surface area contributed by atoms with Crippen LogP contribution in [-0.4, -0.2) is 20.6 Å². The molecule has 0 unspecified atom stereocenters. The highest BCUT2D eigenvalue weighted by atomic mass is 35.5. The van der Waals surface area contributed by atoms with E-state index in [-0.39, 0.29) is 0 Å². The molecule has 0 amide bonds. The molecule has 0 atom stereocenters. The summed E-state index contributed by atoms with van der Waals surface area (Å²) in [6, 6.07) is 1.76. The van der Waals surface area contributed by atoms with Gasteiger partial charge in [0, 0.05) is 0 Å². The summed E-state index contributed by atoms with van der Waals surface area (Å²) < 4.78 is 0. The maximum atomic E-state index is 5.41. The van der Waals surface area contributed by atoms with Crippen LogP contribution in [0.2, 0.25) is 0 Å². The van der Waals surface area contributed by atoms with E-state index in [4.69, 9.17) is 11.6 Å². The number of hydrogen-bond acceptors (Lipinski definition) is 4. The van der Waals surface area contributed by atoms with Gasteiger partial charge in [-0.25, -0.2) is 0 Å². The number of hydrogen-bond donors (Lipinski definition) is 0. The summed E-state index contributed by atoms with van der Waals surface area (Å²) in [5.41, 5.74) is 0. The predicted molar refractivity (Wildman–Crippen MR) is 36.4 cm³/mol. The first kappa shape index (κ1) is 6.77. The van der Waals surface area contributed by atoms with Crippen LogP contribution in [0.5, 0.6) is 0 Å². The summed E-state index contributed by atoms with van der Waals surface area (Å²) in [7, 11) is 0. The molecule has 0 aliphatic heterocycles. The standard InChI is InChI=1S/C4H4ClN3S/c5-3-9-4-1-2-6-8-7-4/h1-2H,3H2. The van der Waals surface area contributed by atoms with Gasteiger partial charge in [0.25, 0.3) is 0 Å². The summed E-state index contributed by atoms with van der Waals surface area (Å²) in [6.07, 6.45) is 1.59. The first-order chi connectivity index (χ1) is 4.43. The number of aromatic nitrogens is 3. The zero-order valence-electron chi connectivity index (χ0n) is 4.49. The number of nitrogens with zero attached hydrogens (tertiary/aromatic N) is 3. The summed E-state index contributed by atoms with van der Waals surface area (Å²) in [4.78, 5) is 0. The lowest BCUT2D eigenvalue weighted by Gasteiger charge is -1.89. The van der Waals surface area contributed by atoms with E-state index in [0.29, 0.717) is 5.21 Å². The molecule has 0 saturated carbocycles.